The number of aryl methyl sites for hydroxylation is 1. The maximum atomic E-state index is 10.9. The molecule has 0 radical (unpaired) electrons. The Hall–Kier alpha value is -1.26. The highest BCUT2D eigenvalue weighted by atomic mass is 16.5. The third kappa shape index (κ3) is 2.87. The molecule has 21 heavy (non-hydrogen) atoms. The Balaban J connectivity index is 2.37. The highest BCUT2D eigenvalue weighted by molar-refractivity contribution is 5.48. The van der Waals surface area contributed by atoms with Crippen LogP contribution in [0.25, 0.3) is 0 Å². The molecule has 118 valence electrons. The molecular formula is C17H26O4. The van der Waals surface area contributed by atoms with Gasteiger partial charge >= 0.3 is 0 Å². The zero-order chi connectivity index (χ0) is 15.7. The fraction of sp³-hybridized carbons (Fsp3) is 0.647. The Bertz CT molecular complexity index is 500. The van der Waals surface area contributed by atoms with Gasteiger partial charge in [-0.05, 0) is 49.9 Å². The lowest BCUT2D eigenvalue weighted by Crippen LogP contribution is -2.25. The van der Waals surface area contributed by atoms with Gasteiger partial charge in [0.1, 0.15) is 0 Å². The normalized spacial score (nSPS) is 30.2. The van der Waals surface area contributed by atoms with Crippen molar-refractivity contribution in [2.75, 3.05) is 14.2 Å². The van der Waals surface area contributed by atoms with E-state index in [0.717, 1.165) is 11.1 Å². The van der Waals surface area contributed by atoms with Gasteiger partial charge in [0.2, 0.25) is 0 Å². The summed E-state index contributed by atoms with van der Waals surface area (Å²) in [4.78, 5) is 0. The van der Waals surface area contributed by atoms with Crippen LogP contribution in [0.3, 0.4) is 0 Å². The van der Waals surface area contributed by atoms with E-state index in [-0.39, 0.29) is 18.1 Å². The minimum Gasteiger partial charge on any atom is -0.493 e. The molecule has 0 saturated carbocycles. The van der Waals surface area contributed by atoms with Crippen molar-refractivity contribution in [2.24, 2.45) is 11.8 Å². The van der Waals surface area contributed by atoms with Crippen LogP contribution < -0.4 is 9.47 Å². The Morgan fingerprint density at radius 1 is 1.05 bits per heavy atom. The van der Waals surface area contributed by atoms with Crippen LogP contribution in [0.15, 0.2) is 12.1 Å². The molecule has 0 amide bonds. The maximum absolute atomic E-state index is 10.9. The van der Waals surface area contributed by atoms with Gasteiger partial charge in [0.15, 0.2) is 11.5 Å². The lowest BCUT2D eigenvalue weighted by atomic mass is 9.81. The van der Waals surface area contributed by atoms with Crippen molar-refractivity contribution in [1.29, 1.82) is 0 Å². The lowest BCUT2D eigenvalue weighted by molar-refractivity contribution is 0.0228. The molecule has 0 bridgehead atoms. The highest BCUT2D eigenvalue weighted by Crippen LogP contribution is 2.43. The van der Waals surface area contributed by atoms with Gasteiger partial charge in [-0.3, -0.25) is 0 Å². The topological polar surface area (TPSA) is 47.9 Å². The summed E-state index contributed by atoms with van der Waals surface area (Å²) in [6.07, 6.45) is -0.364. The van der Waals surface area contributed by atoms with Crippen LogP contribution in [0, 0.1) is 18.8 Å². The van der Waals surface area contributed by atoms with Gasteiger partial charge in [0.25, 0.3) is 0 Å². The van der Waals surface area contributed by atoms with Crippen LogP contribution in [-0.4, -0.2) is 31.5 Å². The molecule has 0 aliphatic carbocycles. The van der Waals surface area contributed by atoms with Gasteiger partial charge in [0.05, 0.1) is 32.5 Å². The van der Waals surface area contributed by atoms with E-state index in [0.29, 0.717) is 17.4 Å². The number of hydrogen-bond donors (Lipinski definition) is 1. The molecule has 0 aromatic heterocycles. The highest BCUT2D eigenvalue weighted by Gasteiger charge is 2.42. The first kappa shape index (κ1) is 16.1. The van der Waals surface area contributed by atoms with Gasteiger partial charge in [-0.25, -0.2) is 0 Å². The van der Waals surface area contributed by atoms with Gasteiger partial charge < -0.3 is 19.3 Å². The Morgan fingerprint density at radius 3 is 2.10 bits per heavy atom. The molecule has 4 heteroatoms. The summed E-state index contributed by atoms with van der Waals surface area (Å²) in [7, 11) is 3.22. The quantitative estimate of drug-likeness (QED) is 0.927. The van der Waals surface area contributed by atoms with E-state index in [4.69, 9.17) is 14.2 Å². The van der Waals surface area contributed by atoms with E-state index < -0.39 is 6.10 Å². The van der Waals surface area contributed by atoms with Crippen molar-refractivity contribution in [3.05, 3.63) is 23.3 Å². The summed E-state index contributed by atoms with van der Waals surface area (Å²) in [5, 5.41) is 10.9. The molecule has 5 atom stereocenters. The Kier molecular flexibility index (Phi) is 4.79. The fourth-order valence-corrected chi connectivity index (χ4v) is 3.36. The Morgan fingerprint density at radius 2 is 1.62 bits per heavy atom. The molecule has 1 heterocycles. The van der Waals surface area contributed by atoms with E-state index >= 15 is 0 Å². The largest absolute Gasteiger partial charge is 0.493 e. The van der Waals surface area contributed by atoms with Crippen LogP contribution in [0.1, 0.15) is 38.0 Å². The average molecular weight is 294 g/mol. The summed E-state index contributed by atoms with van der Waals surface area (Å²) in [5.41, 5.74) is 1.88. The molecule has 0 spiro atoms. The molecule has 1 aliphatic rings. The number of benzene rings is 1. The molecule has 2 rings (SSSR count). The molecule has 1 fully saturated rings. The van der Waals surface area contributed by atoms with Crippen molar-refractivity contribution in [1.82, 2.24) is 0 Å². The first-order valence-corrected chi connectivity index (χ1v) is 7.46. The second kappa shape index (κ2) is 6.24. The average Bonchev–Trinajstić information content (AvgIpc) is 2.71. The molecule has 5 unspecified atom stereocenters. The van der Waals surface area contributed by atoms with Crippen molar-refractivity contribution < 1.29 is 19.3 Å². The minimum absolute atomic E-state index is 0.0393. The number of aliphatic hydroxyl groups is 1. The van der Waals surface area contributed by atoms with Crippen LogP contribution in [0.5, 0.6) is 11.5 Å². The van der Waals surface area contributed by atoms with E-state index in [1.807, 2.05) is 26.0 Å². The first-order chi connectivity index (χ1) is 9.90. The zero-order valence-electron chi connectivity index (χ0n) is 13.7. The van der Waals surface area contributed by atoms with Crippen molar-refractivity contribution in [3.63, 3.8) is 0 Å². The summed E-state index contributed by atoms with van der Waals surface area (Å²) < 4.78 is 16.5. The summed E-state index contributed by atoms with van der Waals surface area (Å²) >= 11 is 0. The fourth-order valence-electron chi connectivity index (χ4n) is 3.36. The number of aliphatic hydroxyl groups excluding tert-OH is 1. The second-order valence-electron chi connectivity index (χ2n) is 5.99. The third-order valence-electron chi connectivity index (χ3n) is 4.77. The lowest BCUT2D eigenvalue weighted by Gasteiger charge is -2.27. The summed E-state index contributed by atoms with van der Waals surface area (Å²) in [5.74, 6) is 1.71. The predicted molar refractivity (Wildman–Crippen MR) is 81.9 cm³/mol. The van der Waals surface area contributed by atoms with Gasteiger partial charge in [-0.2, -0.15) is 0 Å². The van der Waals surface area contributed by atoms with Crippen LogP contribution in [0.2, 0.25) is 0 Å². The molecule has 1 N–H and O–H groups in total. The molecule has 1 aliphatic heterocycles. The van der Waals surface area contributed by atoms with E-state index in [1.165, 1.54) is 0 Å². The number of rotatable bonds is 4. The monoisotopic (exact) mass is 294 g/mol. The van der Waals surface area contributed by atoms with Gasteiger partial charge in [0, 0.05) is 5.92 Å². The summed E-state index contributed by atoms with van der Waals surface area (Å²) in [6.45, 7) is 8.21. The number of ether oxygens (including phenoxy) is 3. The van der Waals surface area contributed by atoms with Crippen LogP contribution in [0.4, 0.5) is 0 Å². The maximum Gasteiger partial charge on any atom is 0.161 e. The molecular weight excluding hydrogens is 268 g/mol. The molecule has 1 aromatic rings. The molecule has 1 saturated heterocycles. The van der Waals surface area contributed by atoms with Crippen molar-refractivity contribution >= 4 is 0 Å². The second-order valence-corrected chi connectivity index (χ2v) is 5.99. The van der Waals surface area contributed by atoms with Gasteiger partial charge in [-0.1, -0.05) is 6.92 Å². The smallest absolute Gasteiger partial charge is 0.161 e. The van der Waals surface area contributed by atoms with Gasteiger partial charge in [-0.15, -0.1) is 0 Å². The zero-order valence-corrected chi connectivity index (χ0v) is 13.7. The standard InChI is InChI=1S/C17H26O4/c1-9-7-14(19-5)15(20-6)8-13(9)17(18)16-10(2)11(3)21-12(16)4/h7-8,10-12,16-18H,1-6H3. The SMILES string of the molecule is COc1cc(C)c(C(O)C2C(C)OC(C)C2C)cc1OC. The van der Waals surface area contributed by atoms with E-state index in [1.54, 1.807) is 14.2 Å². The third-order valence-corrected chi connectivity index (χ3v) is 4.77. The van der Waals surface area contributed by atoms with Crippen LogP contribution in [-0.2, 0) is 4.74 Å². The van der Waals surface area contributed by atoms with Crippen molar-refractivity contribution in [3.8, 4) is 11.5 Å². The number of methoxy groups -OCH3 is 2. The molecule has 4 nitrogen and oxygen atoms in total. The Labute approximate surface area is 127 Å². The van der Waals surface area contributed by atoms with Crippen molar-refractivity contribution in [2.45, 2.75) is 46.0 Å². The summed E-state index contributed by atoms with van der Waals surface area (Å²) in [6, 6.07) is 3.78. The predicted octanol–water partition coefficient (Wildman–Crippen LogP) is 3.11. The van der Waals surface area contributed by atoms with E-state index in [2.05, 4.69) is 13.8 Å². The van der Waals surface area contributed by atoms with E-state index in [9.17, 15) is 5.11 Å². The first-order valence-electron chi connectivity index (χ1n) is 7.46. The number of hydrogen-bond acceptors (Lipinski definition) is 4. The minimum atomic E-state index is -0.570. The van der Waals surface area contributed by atoms with Crippen LogP contribution >= 0.6 is 0 Å². The molecule has 1 aromatic carbocycles.